The molecule has 144 valence electrons. The lowest BCUT2D eigenvalue weighted by Gasteiger charge is -2.36. The predicted molar refractivity (Wildman–Crippen MR) is 106 cm³/mol. The van der Waals surface area contributed by atoms with E-state index in [1.165, 1.54) is 11.8 Å². The summed E-state index contributed by atoms with van der Waals surface area (Å²) in [6.45, 7) is 3.07. The van der Waals surface area contributed by atoms with Crippen LogP contribution in [0.4, 0.5) is 5.13 Å². The Morgan fingerprint density at radius 1 is 1.04 bits per heavy atom. The van der Waals surface area contributed by atoms with Crippen LogP contribution in [0.3, 0.4) is 0 Å². The number of benzene rings is 1. The van der Waals surface area contributed by atoms with Crippen LogP contribution >= 0.6 is 11.3 Å². The Balaban J connectivity index is 1.31. The third kappa shape index (κ3) is 3.78. The largest absolute Gasteiger partial charge is 0.469 e. The van der Waals surface area contributed by atoms with E-state index in [0.717, 1.165) is 36.6 Å². The zero-order chi connectivity index (χ0) is 18.8. The van der Waals surface area contributed by atoms with Crippen molar-refractivity contribution in [3.63, 3.8) is 0 Å². The Hall–Kier alpha value is -2.15. The monoisotopic (exact) mass is 387 g/mol. The molecule has 1 aromatic carbocycles. The van der Waals surface area contributed by atoms with Gasteiger partial charge in [-0.15, -0.1) is 0 Å². The summed E-state index contributed by atoms with van der Waals surface area (Å²) in [5, 5.41) is 1.06. The van der Waals surface area contributed by atoms with Crippen molar-refractivity contribution in [2.24, 2.45) is 11.8 Å². The lowest BCUT2D eigenvalue weighted by atomic mass is 9.92. The smallest absolute Gasteiger partial charge is 0.308 e. The third-order valence-electron chi connectivity index (χ3n) is 5.74. The zero-order valence-corrected chi connectivity index (χ0v) is 16.4. The van der Waals surface area contributed by atoms with Gasteiger partial charge in [0, 0.05) is 32.1 Å². The standard InChI is InChI=1S/C20H25N3O3S/c1-26-19(25)15-8-10-22(11-9-15)18(24)14-6-12-23(13-7-14)20-21-16-4-2-3-5-17(16)27-20/h2-5,14-15H,6-13H2,1H3. The fraction of sp³-hybridized carbons (Fsp3) is 0.550. The van der Waals surface area contributed by atoms with Crippen LogP contribution in [0, 0.1) is 11.8 Å². The number of fused-ring (bicyclic) bond motifs is 1. The number of carbonyl (C=O) groups is 2. The molecule has 2 saturated heterocycles. The van der Waals surface area contributed by atoms with Crippen molar-refractivity contribution in [3.05, 3.63) is 24.3 Å². The average Bonchev–Trinajstić information content (AvgIpc) is 3.17. The number of nitrogens with zero attached hydrogens (tertiary/aromatic N) is 3. The minimum atomic E-state index is -0.147. The van der Waals surface area contributed by atoms with E-state index in [1.54, 1.807) is 11.3 Å². The summed E-state index contributed by atoms with van der Waals surface area (Å²) in [5.74, 6) is 0.138. The van der Waals surface area contributed by atoms with Crippen molar-refractivity contribution in [2.75, 3.05) is 38.2 Å². The first-order valence-corrected chi connectivity index (χ1v) is 10.4. The molecule has 0 bridgehead atoms. The van der Waals surface area contributed by atoms with E-state index in [1.807, 2.05) is 23.1 Å². The Labute approximate surface area is 163 Å². The first kappa shape index (κ1) is 18.2. The Bertz CT molecular complexity index is 788. The highest BCUT2D eigenvalue weighted by atomic mass is 32.1. The maximum Gasteiger partial charge on any atom is 0.308 e. The van der Waals surface area contributed by atoms with E-state index in [-0.39, 0.29) is 23.7 Å². The van der Waals surface area contributed by atoms with Crippen LogP contribution in [0.15, 0.2) is 24.3 Å². The predicted octanol–water partition coefficient (Wildman–Crippen LogP) is 2.92. The summed E-state index contributed by atoms with van der Waals surface area (Å²) >= 11 is 1.72. The number of aromatic nitrogens is 1. The van der Waals surface area contributed by atoms with Gasteiger partial charge in [0.1, 0.15) is 0 Å². The van der Waals surface area contributed by atoms with Gasteiger partial charge in [0.05, 0.1) is 23.2 Å². The number of piperidine rings is 2. The molecule has 0 saturated carbocycles. The van der Waals surface area contributed by atoms with Gasteiger partial charge in [-0.05, 0) is 37.8 Å². The van der Waals surface area contributed by atoms with Gasteiger partial charge in [-0.3, -0.25) is 9.59 Å². The van der Waals surface area contributed by atoms with Gasteiger partial charge in [-0.25, -0.2) is 4.98 Å². The number of methoxy groups -OCH3 is 1. The molecule has 0 aliphatic carbocycles. The Morgan fingerprint density at radius 2 is 1.70 bits per heavy atom. The summed E-state index contributed by atoms with van der Waals surface area (Å²) in [5.41, 5.74) is 1.05. The number of thiazole rings is 1. The number of amides is 1. The average molecular weight is 388 g/mol. The molecule has 1 amide bonds. The molecule has 0 unspecified atom stereocenters. The van der Waals surface area contributed by atoms with Gasteiger partial charge in [-0.2, -0.15) is 0 Å². The zero-order valence-electron chi connectivity index (χ0n) is 15.6. The van der Waals surface area contributed by atoms with Gasteiger partial charge >= 0.3 is 5.97 Å². The van der Waals surface area contributed by atoms with E-state index in [0.29, 0.717) is 25.9 Å². The van der Waals surface area contributed by atoms with Crippen molar-refractivity contribution in [2.45, 2.75) is 25.7 Å². The van der Waals surface area contributed by atoms with Crippen LogP contribution < -0.4 is 4.90 Å². The minimum Gasteiger partial charge on any atom is -0.469 e. The summed E-state index contributed by atoms with van der Waals surface area (Å²) < 4.78 is 6.03. The second kappa shape index (κ2) is 7.84. The molecule has 6 nitrogen and oxygen atoms in total. The molecule has 2 aliphatic rings. The number of likely N-dealkylation sites (tertiary alicyclic amines) is 1. The quantitative estimate of drug-likeness (QED) is 0.758. The molecule has 0 spiro atoms. The molecular formula is C20H25N3O3S. The molecule has 2 aromatic rings. The maximum atomic E-state index is 12.9. The Kier molecular flexibility index (Phi) is 5.29. The highest BCUT2D eigenvalue weighted by molar-refractivity contribution is 7.22. The maximum absolute atomic E-state index is 12.9. The van der Waals surface area contributed by atoms with E-state index >= 15 is 0 Å². The highest BCUT2D eigenvalue weighted by Crippen LogP contribution is 2.32. The third-order valence-corrected chi connectivity index (χ3v) is 6.84. The van der Waals surface area contributed by atoms with Crippen LogP contribution in [0.25, 0.3) is 10.2 Å². The van der Waals surface area contributed by atoms with Gasteiger partial charge in [0.15, 0.2) is 5.13 Å². The van der Waals surface area contributed by atoms with Crippen molar-refractivity contribution in [1.29, 1.82) is 0 Å². The van der Waals surface area contributed by atoms with Crippen molar-refractivity contribution in [1.82, 2.24) is 9.88 Å². The molecule has 27 heavy (non-hydrogen) atoms. The van der Waals surface area contributed by atoms with E-state index < -0.39 is 0 Å². The number of ether oxygens (including phenoxy) is 1. The first-order chi connectivity index (χ1) is 13.2. The number of hydrogen-bond donors (Lipinski definition) is 0. The number of hydrogen-bond acceptors (Lipinski definition) is 6. The van der Waals surface area contributed by atoms with Crippen LogP contribution in [-0.4, -0.2) is 55.0 Å². The molecule has 4 rings (SSSR count). The molecule has 1 aromatic heterocycles. The number of carbonyl (C=O) groups excluding carboxylic acids is 2. The summed E-state index contributed by atoms with van der Waals surface area (Å²) in [6.07, 6.45) is 3.16. The normalized spacial score (nSPS) is 19.4. The summed E-state index contributed by atoms with van der Waals surface area (Å²) in [4.78, 5) is 33.5. The van der Waals surface area contributed by atoms with Gasteiger partial charge < -0.3 is 14.5 Å². The number of para-hydroxylation sites is 1. The van der Waals surface area contributed by atoms with Crippen LogP contribution in [-0.2, 0) is 14.3 Å². The van der Waals surface area contributed by atoms with E-state index in [2.05, 4.69) is 11.0 Å². The first-order valence-electron chi connectivity index (χ1n) is 9.63. The van der Waals surface area contributed by atoms with Crippen LogP contribution in [0.2, 0.25) is 0 Å². The second-order valence-electron chi connectivity index (χ2n) is 7.35. The van der Waals surface area contributed by atoms with Crippen molar-refractivity contribution in [3.8, 4) is 0 Å². The Morgan fingerprint density at radius 3 is 2.37 bits per heavy atom. The molecule has 0 N–H and O–H groups in total. The van der Waals surface area contributed by atoms with Gasteiger partial charge in [-0.1, -0.05) is 23.5 Å². The van der Waals surface area contributed by atoms with E-state index in [4.69, 9.17) is 9.72 Å². The lowest BCUT2D eigenvalue weighted by Crippen LogP contribution is -2.46. The summed E-state index contributed by atoms with van der Waals surface area (Å²) in [7, 11) is 1.43. The number of rotatable bonds is 3. The van der Waals surface area contributed by atoms with Crippen molar-refractivity contribution >= 4 is 38.6 Å². The van der Waals surface area contributed by atoms with E-state index in [9.17, 15) is 9.59 Å². The molecule has 7 heteroatoms. The lowest BCUT2D eigenvalue weighted by molar-refractivity contribution is -0.149. The molecular weight excluding hydrogens is 362 g/mol. The van der Waals surface area contributed by atoms with Crippen LogP contribution in [0.5, 0.6) is 0 Å². The molecule has 3 heterocycles. The van der Waals surface area contributed by atoms with Gasteiger partial charge in [0.2, 0.25) is 5.91 Å². The van der Waals surface area contributed by atoms with Crippen LogP contribution in [0.1, 0.15) is 25.7 Å². The fourth-order valence-corrected chi connectivity index (χ4v) is 5.09. The van der Waals surface area contributed by atoms with Crippen molar-refractivity contribution < 1.29 is 14.3 Å². The SMILES string of the molecule is COC(=O)C1CCN(C(=O)C2CCN(c3nc4ccccc4s3)CC2)CC1. The molecule has 0 radical (unpaired) electrons. The fourth-order valence-electron chi connectivity index (χ4n) is 4.07. The number of esters is 1. The molecule has 2 aliphatic heterocycles. The van der Waals surface area contributed by atoms with Gasteiger partial charge in [0.25, 0.3) is 0 Å². The number of anilines is 1. The molecule has 2 fully saturated rings. The molecule has 0 atom stereocenters. The topological polar surface area (TPSA) is 62.7 Å². The second-order valence-corrected chi connectivity index (χ2v) is 8.36. The minimum absolute atomic E-state index is 0.0556. The summed E-state index contributed by atoms with van der Waals surface area (Å²) in [6, 6.07) is 8.20. The highest BCUT2D eigenvalue weighted by Gasteiger charge is 2.33.